The smallest absolute Gasteiger partial charge is 1.00 e. The third kappa shape index (κ3) is 4.13. The minimum atomic E-state index is -2.79. The fourth-order valence-corrected chi connectivity index (χ4v) is 12.7. The Labute approximate surface area is 255 Å². The summed E-state index contributed by atoms with van der Waals surface area (Å²) in [6.07, 6.45) is 0. The molecule has 0 amide bonds. The average Bonchev–Trinajstić information content (AvgIpc) is 3.43. The van der Waals surface area contributed by atoms with Crippen LogP contribution in [0.15, 0.2) is 127 Å². The van der Waals surface area contributed by atoms with Gasteiger partial charge in [-0.1, -0.05) is 127 Å². The maximum Gasteiger partial charge on any atom is 2.00 e. The Balaban J connectivity index is 0.00000107. The number of halogens is 3. The zero-order chi connectivity index (χ0) is 22.7. The first-order valence-corrected chi connectivity index (χ1v) is 15.1. The van der Waals surface area contributed by atoms with Crippen LogP contribution in [-0.4, -0.2) is 7.38 Å². The molecular weight excluding hydrogens is 697 g/mol. The van der Waals surface area contributed by atoms with Crippen LogP contribution in [-0.2, 0) is 25.8 Å². The van der Waals surface area contributed by atoms with Crippen molar-refractivity contribution in [1.82, 2.24) is 0 Å². The number of benzene rings is 5. The fourth-order valence-electron chi connectivity index (χ4n) is 6.41. The fraction of sp³-hybridized carbons (Fsp3) is 0.0625. The standard InChI is InChI=1S/C32H23ClSi.2ClH.Hf/c33-34(22-12-2-1-3-13-22,31-27-18-8-4-14-23(27)24-15-5-9-19-28(24)31)32-29-20-10-6-16-25(29)26-17-7-11-21-30(26)32;;;/h1-21,31-32H;2*1H;/q;;;+2/p-2. The normalized spacial score (nSPS) is 13.2. The van der Waals surface area contributed by atoms with Crippen molar-refractivity contribution in [1.29, 1.82) is 0 Å². The van der Waals surface area contributed by atoms with Gasteiger partial charge in [0.05, 0.1) is 0 Å². The van der Waals surface area contributed by atoms with E-state index < -0.39 is 7.38 Å². The molecule has 7 rings (SSSR count). The van der Waals surface area contributed by atoms with E-state index >= 15 is 0 Å². The van der Waals surface area contributed by atoms with Crippen molar-refractivity contribution in [3.8, 4) is 22.3 Å². The van der Waals surface area contributed by atoms with Crippen LogP contribution in [0.4, 0.5) is 0 Å². The van der Waals surface area contributed by atoms with Gasteiger partial charge in [0.15, 0.2) is 0 Å². The summed E-state index contributed by atoms with van der Waals surface area (Å²) in [5, 5.41) is 1.30. The molecule has 0 bridgehead atoms. The first kappa shape index (κ1) is 28.1. The third-order valence-corrected chi connectivity index (χ3v) is 13.8. The predicted octanol–water partition coefficient (Wildman–Crippen LogP) is 1.79. The van der Waals surface area contributed by atoms with E-state index in [0.29, 0.717) is 0 Å². The molecule has 0 heterocycles. The summed E-state index contributed by atoms with van der Waals surface area (Å²) in [6.45, 7) is 0. The quantitative estimate of drug-likeness (QED) is 0.197. The monoisotopic (exact) mass is 720 g/mol. The maximum absolute atomic E-state index is 8.33. The Kier molecular flexibility index (Phi) is 8.38. The SMILES string of the molecule is Cl[Si](c1ccccc1)(C1c2ccccc2-c2ccccc21)C1c2ccccc2-c2ccccc21.[Cl-].[Cl-].[Hf+2]. The molecule has 0 spiro atoms. The van der Waals surface area contributed by atoms with Gasteiger partial charge in [-0.05, 0) is 49.7 Å². The van der Waals surface area contributed by atoms with Gasteiger partial charge in [0.25, 0.3) is 0 Å². The molecule has 5 heteroatoms. The van der Waals surface area contributed by atoms with Gasteiger partial charge in [-0.25, -0.2) is 0 Å². The molecule has 0 atom stereocenters. The van der Waals surface area contributed by atoms with Gasteiger partial charge in [0.1, 0.15) is 0 Å². The van der Waals surface area contributed by atoms with Gasteiger partial charge >= 0.3 is 25.8 Å². The first-order chi connectivity index (χ1) is 16.8. The molecule has 37 heavy (non-hydrogen) atoms. The van der Waals surface area contributed by atoms with Crippen LogP contribution < -0.4 is 30.0 Å². The molecule has 0 radical (unpaired) electrons. The zero-order valence-electron chi connectivity index (χ0n) is 19.9. The number of fused-ring (bicyclic) bond motifs is 6. The molecule has 0 unspecified atom stereocenters. The van der Waals surface area contributed by atoms with E-state index in [0.717, 1.165) is 0 Å². The number of hydrogen-bond acceptors (Lipinski definition) is 0. The molecule has 5 aromatic carbocycles. The molecule has 5 aromatic rings. The van der Waals surface area contributed by atoms with Crippen molar-refractivity contribution in [2.24, 2.45) is 0 Å². The second-order valence-electron chi connectivity index (χ2n) is 9.35. The maximum atomic E-state index is 8.33. The van der Waals surface area contributed by atoms with Crippen LogP contribution in [0.2, 0.25) is 0 Å². The van der Waals surface area contributed by atoms with Crippen molar-refractivity contribution >= 4 is 23.6 Å². The van der Waals surface area contributed by atoms with E-state index in [1.807, 2.05) is 0 Å². The molecule has 2 aliphatic carbocycles. The van der Waals surface area contributed by atoms with Gasteiger partial charge in [0.2, 0.25) is 7.38 Å². The molecule has 0 saturated carbocycles. The molecule has 0 aromatic heterocycles. The summed E-state index contributed by atoms with van der Waals surface area (Å²) >= 11 is 8.33. The van der Waals surface area contributed by atoms with Crippen molar-refractivity contribution in [2.45, 2.75) is 11.1 Å². The Morgan fingerprint density at radius 3 is 1.00 bits per heavy atom. The number of rotatable bonds is 3. The van der Waals surface area contributed by atoms with E-state index in [1.165, 1.54) is 49.7 Å². The van der Waals surface area contributed by atoms with E-state index in [2.05, 4.69) is 127 Å². The molecule has 2 aliphatic rings. The summed E-state index contributed by atoms with van der Waals surface area (Å²) < 4.78 is 0. The van der Waals surface area contributed by atoms with Crippen molar-refractivity contribution < 1.29 is 50.7 Å². The zero-order valence-corrected chi connectivity index (χ0v) is 26.8. The van der Waals surface area contributed by atoms with Crippen LogP contribution in [0.3, 0.4) is 0 Å². The van der Waals surface area contributed by atoms with Gasteiger partial charge in [-0.15, -0.1) is 0 Å². The summed E-state index contributed by atoms with van der Waals surface area (Å²) in [5.41, 5.74) is 11.1. The molecule has 0 nitrogen and oxygen atoms in total. The topological polar surface area (TPSA) is 0 Å². The summed E-state index contributed by atoms with van der Waals surface area (Å²) in [7, 11) is -2.79. The van der Waals surface area contributed by atoms with Crippen LogP contribution in [0.25, 0.3) is 22.3 Å². The molecule has 0 aliphatic heterocycles. The van der Waals surface area contributed by atoms with Crippen LogP contribution >= 0.6 is 11.1 Å². The first-order valence-electron chi connectivity index (χ1n) is 11.9. The second-order valence-corrected chi connectivity index (χ2v) is 14.5. The van der Waals surface area contributed by atoms with E-state index in [-0.39, 0.29) is 61.7 Å². The molecule has 0 saturated heterocycles. The summed E-state index contributed by atoms with van der Waals surface area (Å²) in [4.78, 5) is 0. The average molecular weight is 720 g/mol. The Morgan fingerprint density at radius 2 is 0.676 bits per heavy atom. The van der Waals surface area contributed by atoms with Gasteiger partial charge in [-0.2, -0.15) is 11.1 Å². The Bertz CT molecular complexity index is 1370. The van der Waals surface area contributed by atoms with Crippen LogP contribution in [0, 0.1) is 0 Å². The molecule has 0 fully saturated rings. The molecular formula is C32H23Cl3HfSi. The van der Waals surface area contributed by atoms with Crippen molar-refractivity contribution in [3.05, 3.63) is 150 Å². The summed E-state index contributed by atoms with van der Waals surface area (Å²) in [6, 6.07) is 46.5. The van der Waals surface area contributed by atoms with E-state index in [4.69, 9.17) is 11.1 Å². The van der Waals surface area contributed by atoms with Crippen LogP contribution in [0.1, 0.15) is 33.3 Å². The second kappa shape index (κ2) is 11.0. The van der Waals surface area contributed by atoms with Gasteiger partial charge in [-0.3, -0.25) is 0 Å². The minimum absolute atomic E-state index is 0. The van der Waals surface area contributed by atoms with E-state index in [9.17, 15) is 0 Å². The Hall–Kier alpha value is -1.94. The van der Waals surface area contributed by atoms with Crippen molar-refractivity contribution in [2.75, 3.05) is 0 Å². The van der Waals surface area contributed by atoms with E-state index in [1.54, 1.807) is 0 Å². The summed E-state index contributed by atoms with van der Waals surface area (Å²) in [5.74, 6) is 0. The predicted molar refractivity (Wildman–Crippen MR) is 145 cm³/mol. The molecule has 0 N–H and O–H groups in total. The van der Waals surface area contributed by atoms with Gasteiger partial charge in [0, 0.05) is 11.1 Å². The number of hydrogen-bond donors (Lipinski definition) is 0. The van der Waals surface area contributed by atoms with Crippen molar-refractivity contribution in [3.63, 3.8) is 0 Å². The van der Waals surface area contributed by atoms with Crippen LogP contribution in [0.5, 0.6) is 0 Å². The largest absolute Gasteiger partial charge is 2.00 e. The Morgan fingerprint density at radius 1 is 0.405 bits per heavy atom. The minimum Gasteiger partial charge on any atom is -1.00 e. The molecule has 180 valence electrons. The van der Waals surface area contributed by atoms with Gasteiger partial charge < -0.3 is 24.8 Å². The third-order valence-electron chi connectivity index (χ3n) is 7.72.